The van der Waals surface area contributed by atoms with Gasteiger partial charge in [-0.05, 0) is 29.0 Å². The molecule has 0 unspecified atom stereocenters. The normalized spacial score (nSPS) is 10.9. The molecule has 0 saturated heterocycles. The summed E-state index contributed by atoms with van der Waals surface area (Å²) in [5, 5.41) is 2.34. The number of Topliss-reactive ketones (excluding diaryl/α,β-unsaturated/α-hetero) is 1. The maximum absolute atomic E-state index is 12.2. The molecule has 2 aromatic carbocycles. The van der Waals surface area contributed by atoms with Crippen molar-refractivity contribution in [3.05, 3.63) is 48.0 Å². The number of unbranched alkanes of at least 4 members (excludes halogenated alkanes) is 4. The van der Waals surface area contributed by atoms with E-state index in [9.17, 15) is 4.79 Å². The molecule has 112 valence electrons. The minimum absolute atomic E-state index is 0.249. The van der Waals surface area contributed by atoms with Crippen molar-refractivity contribution in [3.8, 4) is 0 Å². The highest BCUT2D eigenvalue weighted by Crippen LogP contribution is 2.17. The standard InChI is InChI=1S/C19H24OS/c1-2-3-4-5-8-13-21-15-19(20)18-12-11-16-9-6-7-10-17(16)14-18/h6-7,9-12,14H,2-5,8,13,15H2,1H3. The number of thioether (sulfide) groups is 1. The number of carbonyl (C=O) groups excluding carboxylic acids is 1. The van der Waals surface area contributed by atoms with Gasteiger partial charge in [0.1, 0.15) is 0 Å². The summed E-state index contributed by atoms with van der Waals surface area (Å²) in [7, 11) is 0. The van der Waals surface area contributed by atoms with Crippen molar-refractivity contribution < 1.29 is 4.79 Å². The molecule has 0 aliphatic carbocycles. The first kappa shape index (κ1) is 16.1. The average molecular weight is 300 g/mol. The molecule has 0 bridgehead atoms. The van der Waals surface area contributed by atoms with Crippen LogP contribution in [-0.4, -0.2) is 17.3 Å². The highest BCUT2D eigenvalue weighted by molar-refractivity contribution is 7.99. The Balaban J connectivity index is 1.77. The predicted octanol–water partition coefficient (Wildman–Crippen LogP) is 5.73. The molecule has 0 aromatic heterocycles. The van der Waals surface area contributed by atoms with Crippen molar-refractivity contribution >= 4 is 28.3 Å². The number of benzene rings is 2. The Morgan fingerprint density at radius 3 is 2.52 bits per heavy atom. The smallest absolute Gasteiger partial charge is 0.172 e. The Hall–Kier alpha value is -1.28. The lowest BCUT2D eigenvalue weighted by Crippen LogP contribution is -2.03. The Morgan fingerprint density at radius 2 is 1.71 bits per heavy atom. The quantitative estimate of drug-likeness (QED) is 0.435. The summed E-state index contributed by atoms with van der Waals surface area (Å²) in [5.41, 5.74) is 0.840. The Morgan fingerprint density at radius 1 is 0.952 bits per heavy atom. The van der Waals surface area contributed by atoms with Gasteiger partial charge in [0.05, 0.1) is 5.75 Å². The van der Waals surface area contributed by atoms with Gasteiger partial charge in [0.15, 0.2) is 5.78 Å². The molecule has 0 saturated carbocycles. The summed E-state index contributed by atoms with van der Waals surface area (Å²) < 4.78 is 0. The van der Waals surface area contributed by atoms with Gasteiger partial charge in [0.2, 0.25) is 0 Å². The highest BCUT2D eigenvalue weighted by atomic mass is 32.2. The largest absolute Gasteiger partial charge is 0.293 e. The van der Waals surface area contributed by atoms with Crippen LogP contribution in [0.2, 0.25) is 0 Å². The third-order valence-corrected chi connectivity index (χ3v) is 4.74. The van der Waals surface area contributed by atoms with Crippen molar-refractivity contribution in [2.45, 2.75) is 39.0 Å². The third-order valence-electron chi connectivity index (χ3n) is 3.70. The maximum atomic E-state index is 12.2. The molecule has 0 aliphatic rings. The number of hydrogen-bond donors (Lipinski definition) is 0. The van der Waals surface area contributed by atoms with Crippen molar-refractivity contribution in [2.24, 2.45) is 0 Å². The van der Waals surface area contributed by atoms with Crippen LogP contribution in [0.1, 0.15) is 49.4 Å². The molecule has 0 amide bonds. The van der Waals surface area contributed by atoms with E-state index in [-0.39, 0.29) is 5.78 Å². The molecular weight excluding hydrogens is 276 g/mol. The summed E-state index contributed by atoms with van der Waals surface area (Å²) in [4.78, 5) is 12.2. The van der Waals surface area contributed by atoms with Gasteiger partial charge < -0.3 is 0 Å². The minimum atomic E-state index is 0.249. The lowest BCUT2D eigenvalue weighted by molar-refractivity contribution is 0.102. The Kier molecular flexibility index (Phi) is 6.81. The molecule has 2 aromatic rings. The second-order valence-electron chi connectivity index (χ2n) is 5.45. The van der Waals surface area contributed by atoms with E-state index in [4.69, 9.17) is 0 Å². The van der Waals surface area contributed by atoms with E-state index in [0.29, 0.717) is 5.75 Å². The zero-order valence-corrected chi connectivity index (χ0v) is 13.6. The van der Waals surface area contributed by atoms with Crippen molar-refractivity contribution in [3.63, 3.8) is 0 Å². The first-order valence-electron chi connectivity index (χ1n) is 7.91. The number of hydrogen-bond acceptors (Lipinski definition) is 2. The SMILES string of the molecule is CCCCCCCSCC(=O)c1ccc2ccccc2c1. The second-order valence-corrected chi connectivity index (χ2v) is 6.56. The summed E-state index contributed by atoms with van der Waals surface area (Å²) in [6, 6.07) is 14.2. The van der Waals surface area contributed by atoms with Crippen LogP contribution in [-0.2, 0) is 0 Å². The summed E-state index contributed by atoms with van der Waals surface area (Å²) >= 11 is 1.77. The fourth-order valence-corrected chi connectivity index (χ4v) is 3.32. The van der Waals surface area contributed by atoms with Crippen LogP contribution in [0.25, 0.3) is 10.8 Å². The van der Waals surface area contributed by atoms with Gasteiger partial charge in [0.25, 0.3) is 0 Å². The molecule has 0 heterocycles. The fourth-order valence-electron chi connectivity index (χ4n) is 2.42. The van der Waals surface area contributed by atoms with Crippen molar-refractivity contribution in [1.29, 1.82) is 0 Å². The van der Waals surface area contributed by atoms with Crippen LogP contribution >= 0.6 is 11.8 Å². The Labute approximate surface area is 132 Å². The van der Waals surface area contributed by atoms with Gasteiger partial charge in [-0.25, -0.2) is 0 Å². The second kappa shape index (κ2) is 8.89. The van der Waals surface area contributed by atoms with E-state index in [1.54, 1.807) is 11.8 Å². The first-order valence-corrected chi connectivity index (χ1v) is 9.06. The zero-order valence-electron chi connectivity index (χ0n) is 12.8. The van der Waals surface area contributed by atoms with Gasteiger partial charge in [-0.15, -0.1) is 0 Å². The van der Waals surface area contributed by atoms with Crippen LogP contribution in [0.5, 0.6) is 0 Å². The van der Waals surface area contributed by atoms with Gasteiger partial charge in [-0.2, -0.15) is 11.8 Å². The van der Waals surface area contributed by atoms with Crippen LogP contribution in [0.3, 0.4) is 0 Å². The van der Waals surface area contributed by atoms with E-state index in [2.05, 4.69) is 19.1 Å². The van der Waals surface area contributed by atoms with Crippen LogP contribution in [0.4, 0.5) is 0 Å². The minimum Gasteiger partial charge on any atom is -0.293 e. The Bertz CT molecular complexity index is 577. The van der Waals surface area contributed by atoms with E-state index in [1.165, 1.54) is 37.5 Å². The van der Waals surface area contributed by atoms with Crippen molar-refractivity contribution in [2.75, 3.05) is 11.5 Å². The first-order chi connectivity index (χ1) is 10.3. The lowest BCUT2D eigenvalue weighted by Gasteiger charge is -2.04. The molecule has 0 radical (unpaired) electrons. The fraction of sp³-hybridized carbons (Fsp3) is 0.421. The topological polar surface area (TPSA) is 17.1 Å². The van der Waals surface area contributed by atoms with E-state index in [1.807, 2.05) is 30.3 Å². The van der Waals surface area contributed by atoms with E-state index < -0.39 is 0 Å². The molecular formula is C19H24OS. The molecule has 0 aliphatic heterocycles. The van der Waals surface area contributed by atoms with E-state index >= 15 is 0 Å². The lowest BCUT2D eigenvalue weighted by atomic mass is 10.1. The zero-order chi connectivity index (χ0) is 14.9. The molecule has 0 spiro atoms. The van der Waals surface area contributed by atoms with Crippen molar-refractivity contribution in [1.82, 2.24) is 0 Å². The number of carbonyl (C=O) groups is 1. The van der Waals surface area contributed by atoms with Crippen LogP contribution < -0.4 is 0 Å². The molecule has 2 heteroatoms. The molecule has 1 nitrogen and oxygen atoms in total. The third kappa shape index (κ3) is 5.20. The number of ketones is 1. The van der Waals surface area contributed by atoms with E-state index in [0.717, 1.165) is 16.7 Å². The van der Waals surface area contributed by atoms with Gasteiger partial charge >= 0.3 is 0 Å². The molecule has 0 N–H and O–H groups in total. The summed E-state index contributed by atoms with van der Waals surface area (Å²) in [5.74, 6) is 1.95. The van der Waals surface area contributed by atoms with Gasteiger partial charge in [-0.3, -0.25) is 4.79 Å². The molecule has 21 heavy (non-hydrogen) atoms. The average Bonchev–Trinajstić information content (AvgIpc) is 2.53. The van der Waals surface area contributed by atoms with Gasteiger partial charge in [0, 0.05) is 5.56 Å². The number of fused-ring (bicyclic) bond motifs is 1. The highest BCUT2D eigenvalue weighted by Gasteiger charge is 2.06. The molecule has 0 atom stereocenters. The number of rotatable bonds is 9. The maximum Gasteiger partial charge on any atom is 0.172 e. The van der Waals surface area contributed by atoms with Crippen LogP contribution in [0, 0.1) is 0 Å². The van der Waals surface area contributed by atoms with Crippen LogP contribution in [0.15, 0.2) is 42.5 Å². The predicted molar refractivity (Wildman–Crippen MR) is 94.4 cm³/mol. The van der Waals surface area contributed by atoms with Gasteiger partial charge in [-0.1, -0.05) is 69.0 Å². The summed E-state index contributed by atoms with van der Waals surface area (Å²) in [6.45, 7) is 2.23. The summed E-state index contributed by atoms with van der Waals surface area (Å²) in [6.07, 6.45) is 6.48. The monoisotopic (exact) mass is 300 g/mol. The molecule has 2 rings (SSSR count). The molecule has 0 fully saturated rings.